The normalized spacial score (nSPS) is 15.0. The van der Waals surface area contributed by atoms with Crippen molar-refractivity contribution in [3.8, 4) is 11.5 Å². The molecule has 0 bridgehead atoms. The van der Waals surface area contributed by atoms with Crippen LogP contribution in [0.3, 0.4) is 0 Å². The second kappa shape index (κ2) is 11.1. The van der Waals surface area contributed by atoms with Gasteiger partial charge >= 0.3 is 0 Å². The molecule has 0 unspecified atom stereocenters. The highest BCUT2D eigenvalue weighted by molar-refractivity contribution is 5.85. The molecule has 0 radical (unpaired) electrons. The first-order chi connectivity index (χ1) is 12.3. The minimum absolute atomic E-state index is 0. The second-order valence-corrected chi connectivity index (χ2v) is 6.83. The van der Waals surface area contributed by atoms with Gasteiger partial charge in [0.15, 0.2) is 11.5 Å². The average molecular weight is 376 g/mol. The van der Waals surface area contributed by atoms with Crippen LogP contribution >= 0.6 is 12.4 Å². The predicted molar refractivity (Wildman–Crippen MR) is 109 cm³/mol. The van der Waals surface area contributed by atoms with E-state index < -0.39 is 0 Å². The maximum absolute atomic E-state index is 5.93. The summed E-state index contributed by atoms with van der Waals surface area (Å²) in [5.41, 5.74) is 2.40. The van der Waals surface area contributed by atoms with Crippen molar-refractivity contribution >= 4 is 12.4 Å². The highest BCUT2D eigenvalue weighted by Crippen LogP contribution is 2.29. The Kier molecular flexibility index (Phi) is 8.79. The van der Waals surface area contributed by atoms with Crippen LogP contribution in [-0.2, 0) is 13.2 Å². The topological polar surface area (TPSA) is 30.5 Å². The number of benzene rings is 2. The first-order valence-corrected chi connectivity index (χ1v) is 9.42. The molecule has 2 aromatic rings. The lowest BCUT2D eigenvalue weighted by atomic mass is 10.1. The van der Waals surface area contributed by atoms with Gasteiger partial charge < -0.3 is 14.8 Å². The van der Waals surface area contributed by atoms with E-state index in [1.165, 1.54) is 44.1 Å². The van der Waals surface area contributed by atoms with Gasteiger partial charge in [0.1, 0.15) is 6.61 Å². The highest BCUT2D eigenvalue weighted by atomic mass is 35.5. The summed E-state index contributed by atoms with van der Waals surface area (Å²) < 4.78 is 11.5. The Labute approximate surface area is 163 Å². The molecule has 0 spiro atoms. The lowest BCUT2D eigenvalue weighted by Gasteiger charge is -2.17. The van der Waals surface area contributed by atoms with Gasteiger partial charge in [-0.3, -0.25) is 0 Å². The molecule has 0 saturated heterocycles. The number of nitrogens with one attached hydrogen (secondary N) is 1. The zero-order valence-electron chi connectivity index (χ0n) is 15.6. The zero-order chi connectivity index (χ0) is 17.3. The van der Waals surface area contributed by atoms with E-state index in [-0.39, 0.29) is 12.4 Å². The van der Waals surface area contributed by atoms with Crippen LogP contribution in [0.1, 0.15) is 49.7 Å². The summed E-state index contributed by atoms with van der Waals surface area (Å²) in [6, 6.07) is 17.1. The van der Waals surface area contributed by atoms with E-state index in [1.807, 2.05) is 24.3 Å². The van der Waals surface area contributed by atoms with Crippen molar-refractivity contribution in [2.75, 3.05) is 7.11 Å². The molecule has 2 aromatic carbocycles. The van der Waals surface area contributed by atoms with Crippen LogP contribution in [0.4, 0.5) is 0 Å². The maximum Gasteiger partial charge on any atom is 0.161 e. The first kappa shape index (κ1) is 20.6. The van der Waals surface area contributed by atoms with Crippen LogP contribution in [0, 0.1) is 0 Å². The summed E-state index contributed by atoms with van der Waals surface area (Å²) in [7, 11) is 1.70. The molecule has 1 aliphatic rings. The minimum Gasteiger partial charge on any atom is -0.493 e. The third kappa shape index (κ3) is 6.22. The highest BCUT2D eigenvalue weighted by Gasteiger charge is 2.12. The average Bonchev–Trinajstić information content (AvgIpc) is 2.94. The van der Waals surface area contributed by atoms with Gasteiger partial charge in [0, 0.05) is 12.6 Å². The second-order valence-electron chi connectivity index (χ2n) is 6.83. The van der Waals surface area contributed by atoms with Crippen molar-refractivity contribution in [2.45, 2.75) is 57.7 Å². The molecule has 0 heterocycles. The molecule has 0 aromatic heterocycles. The van der Waals surface area contributed by atoms with E-state index in [9.17, 15) is 0 Å². The smallest absolute Gasteiger partial charge is 0.161 e. The van der Waals surface area contributed by atoms with Gasteiger partial charge in [-0.05, 0) is 36.1 Å². The lowest BCUT2D eigenvalue weighted by molar-refractivity contribution is 0.284. The van der Waals surface area contributed by atoms with E-state index in [1.54, 1.807) is 7.11 Å². The van der Waals surface area contributed by atoms with Crippen molar-refractivity contribution in [2.24, 2.45) is 0 Å². The van der Waals surface area contributed by atoms with Gasteiger partial charge in [0.2, 0.25) is 0 Å². The van der Waals surface area contributed by atoms with Gasteiger partial charge in [-0.1, -0.05) is 62.1 Å². The number of methoxy groups -OCH3 is 1. The summed E-state index contributed by atoms with van der Waals surface area (Å²) >= 11 is 0. The Morgan fingerprint density at radius 2 is 1.62 bits per heavy atom. The van der Waals surface area contributed by atoms with E-state index in [2.05, 4.69) is 29.6 Å². The summed E-state index contributed by atoms with van der Waals surface area (Å²) in [5, 5.41) is 3.71. The van der Waals surface area contributed by atoms with Gasteiger partial charge in [0.05, 0.1) is 7.11 Å². The molecule has 26 heavy (non-hydrogen) atoms. The van der Waals surface area contributed by atoms with Crippen LogP contribution in [0.15, 0.2) is 48.5 Å². The van der Waals surface area contributed by atoms with E-state index >= 15 is 0 Å². The largest absolute Gasteiger partial charge is 0.493 e. The Morgan fingerprint density at radius 1 is 0.885 bits per heavy atom. The molecule has 1 aliphatic carbocycles. The van der Waals surface area contributed by atoms with Crippen molar-refractivity contribution in [1.82, 2.24) is 5.32 Å². The van der Waals surface area contributed by atoms with Crippen molar-refractivity contribution in [1.29, 1.82) is 0 Å². The van der Waals surface area contributed by atoms with E-state index in [4.69, 9.17) is 9.47 Å². The van der Waals surface area contributed by atoms with Crippen LogP contribution < -0.4 is 14.8 Å². The number of halogens is 1. The van der Waals surface area contributed by atoms with Crippen LogP contribution in [0.5, 0.6) is 11.5 Å². The predicted octanol–water partition coefficient (Wildman–Crippen LogP) is 5.51. The molecule has 3 nitrogen and oxygen atoms in total. The SMILES string of the molecule is COc1cc(CNC2CCCCCC2)ccc1OCc1ccccc1.Cl. The Morgan fingerprint density at radius 3 is 2.31 bits per heavy atom. The molecule has 1 fully saturated rings. The fourth-order valence-electron chi connectivity index (χ4n) is 3.42. The Bertz CT molecular complexity index is 640. The quantitative estimate of drug-likeness (QED) is 0.647. The molecular formula is C22H30ClNO2. The number of hydrogen-bond donors (Lipinski definition) is 1. The minimum atomic E-state index is 0. The summed E-state index contributed by atoms with van der Waals surface area (Å²) in [4.78, 5) is 0. The van der Waals surface area contributed by atoms with Crippen molar-refractivity contribution in [3.63, 3.8) is 0 Å². The molecule has 0 aliphatic heterocycles. The maximum atomic E-state index is 5.93. The number of hydrogen-bond acceptors (Lipinski definition) is 3. The van der Waals surface area contributed by atoms with E-state index in [0.29, 0.717) is 12.6 Å². The molecule has 1 N–H and O–H groups in total. The summed E-state index contributed by atoms with van der Waals surface area (Å²) in [6.07, 6.45) is 8.09. The molecule has 3 rings (SSSR count). The molecular weight excluding hydrogens is 346 g/mol. The molecule has 142 valence electrons. The van der Waals surface area contributed by atoms with Gasteiger partial charge in [0.25, 0.3) is 0 Å². The van der Waals surface area contributed by atoms with Gasteiger partial charge in [-0.25, -0.2) is 0 Å². The monoisotopic (exact) mass is 375 g/mol. The standard InChI is InChI=1S/C22H29NO2.ClH/c1-24-22-15-19(16-23-20-11-7-2-3-8-12-20)13-14-21(22)25-17-18-9-5-4-6-10-18;/h4-6,9-10,13-15,20,23H,2-3,7-8,11-12,16-17H2,1H3;1H. The number of ether oxygens (including phenoxy) is 2. The summed E-state index contributed by atoms with van der Waals surface area (Å²) in [5.74, 6) is 1.60. The van der Waals surface area contributed by atoms with E-state index in [0.717, 1.165) is 23.6 Å². The third-order valence-corrected chi connectivity index (χ3v) is 4.92. The fourth-order valence-corrected chi connectivity index (χ4v) is 3.42. The van der Waals surface area contributed by atoms with Gasteiger partial charge in [-0.2, -0.15) is 0 Å². The van der Waals surface area contributed by atoms with Gasteiger partial charge in [-0.15, -0.1) is 12.4 Å². The fraction of sp³-hybridized carbons (Fsp3) is 0.455. The Hall–Kier alpha value is -1.71. The lowest BCUT2D eigenvalue weighted by Crippen LogP contribution is -2.27. The van der Waals surface area contributed by atoms with Crippen LogP contribution in [-0.4, -0.2) is 13.2 Å². The first-order valence-electron chi connectivity index (χ1n) is 9.42. The molecule has 0 amide bonds. The molecule has 4 heteroatoms. The summed E-state index contributed by atoms with van der Waals surface area (Å²) in [6.45, 7) is 1.44. The van der Waals surface area contributed by atoms with Crippen LogP contribution in [0.2, 0.25) is 0 Å². The third-order valence-electron chi connectivity index (χ3n) is 4.92. The van der Waals surface area contributed by atoms with Crippen LogP contribution in [0.25, 0.3) is 0 Å². The van der Waals surface area contributed by atoms with Crippen molar-refractivity contribution in [3.05, 3.63) is 59.7 Å². The number of rotatable bonds is 7. The molecule has 0 atom stereocenters. The molecule has 1 saturated carbocycles. The van der Waals surface area contributed by atoms with Crippen molar-refractivity contribution < 1.29 is 9.47 Å². The Balaban J connectivity index is 0.00000243. The zero-order valence-corrected chi connectivity index (χ0v) is 16.4.